The SMILES string of the molecule is COC(=O)[C@@H](OC(C)(C)C)c1c(C)c(C#N)c2nc3cn2c1N1CCC(C)(CC1)OCCCC[C@H](C)Oc1ccc(F)cc1-c1cccc-3c1. The van der Waals surface area contributed by atoms with E-state index in [9.17, 15) is 14.4 Å². The lowest BCUT2D eigenvalue weighted by molar-refractivity contribution is -0.164. The van der Waals surface area contributed by atoms with E-state index in [1.807, 2.05) is 69.5 Å². The van der Waals surface area contributed by atoms with Gasteiger partial charge in [-0.3, -0.25) is 4.40 Å². The number of imidazole rings is 1. The van der Waals surface area contributed by atoms with Gasteiger partial charge in [0, 0.05) is 42.6 Å². The Bertz CT molecular complexity index is 1930. The van der Waals surface area contributed by atoms with E-state index in [0.717, 1.165) is 49.0 Å². The molecule has 10 heteroatoms. The number of halogens is 1. The zero-order valence-corrected chi connectivity index (χ0v) is 30.1. The van der Waals surface area contributed by atoms with Crippen LogP contribution in [-0.4, -0.2) is 59.5 Å². The molecule has 2 aromatic heterocycles. The predicted molar refractivity (Wildman–Crippen MR) is 191 cm³/mol. The number of rotatable bonds is 3. The summed E-state index contributed by atoms with van der Waals surface area (Å²) in [6.07, 6.45) is 4.96. The molecule has 0 unspecified atom stereocenters. The maximum atomic E-state index is 14.7. The summed E-state index contributed by atoms with van der Waals surface area (Å²) in [6, 6.07) is 14.7. The molecule has 9 nitrogen and oxygen atoms in total. The average Bonchev–Trinajstić information content (AvgIpc) is 3.52. The molecule has 3 aliphatic heterocycles. The van der Waals surface area contributed by atoms with Gasteiger partial charge >= 0.3 is 5.97 Å². The van der Waals surface area contributed by atoms with Crippen LogP contribution in [0.4, 0.5) is 10.2 Å². The zero-order valence-electron chi connectivity index (χ0n) is 30.1. The molecule has 0 spiro atoms. The third kappa shape index (κ3) is 7.21. The van der Waals surface area contributed by atoms with Gasteiger partial charge in [0.25, 0.3) is 0 Å². The Labute approximate surface area is 293 Å². The first-order chi connectivity index (χ1) is 23.8. The summed E-state index contributed by atoms with van der Waals surface area (Å²) in [7, 11) is 1.35. The molecule has 0 saturated carbocycles. The molecule has 0 aliphatic carbocycles. The third-order valence-corrected chi connectivity index (χ3v) is 9.75. The van der Waals surface area contributed by atoms with E-state index >= 15 is 0 Å². The number of nitrogens with zero attached hydrogens (tertiary/aromatic N) is 4. The highest BCUT2D eigenvalue weighted by Crippen LogP contribution is 2.42. The van der Waals surface area contributed by atoms with Crippen LogP contribution in [0.15, 0.2) is 48.7 Å². The summed E-state index contributed by atoms with van der Waals surface area (Å²) >= 11 is 0. The second-order valence-electron chi connectivity index (χ2n) is 14.7. The van der Waals surface area contributed by atoms with E-state index in [0.29, 0.717) is 59.0 Å². The second-order valence-corrected chi connectivity index (χ2v) is 14.7. The summed E-state index contributed by atoms with van der Waals surface area (Å²) in [5.74, 6) is 0.439. The molecule has 6 bridgehead atoms. The van der Waals surface area contributed by atoms with Crippen LogP contribution in [0.2, 0.25) is 0 Å². The number of benzene rings is 2. The number of ether oxygens (including phenoxy) is 4. The van der Waals surface area contributed by atoms with Crippen LogP contribution in [0, 0.1) is 24.1 Å². The van der Waals surface area contributed by atoms with Crippen LogP contribution < -0.4 is 9.64 Å². The number of methoxy groups -OCH3 is 1. The summed E-state index contributed by atoms with van der Waals surface area (Å²) in [5.41, 5.74) is 3.84. The Hall–Kier alpha value is -4.46. The Kier molecular flexibility index (Phi) is 9.93. The number of carbonyl (C=O) groups is 1. The molecule has 0 amide bonds. The fourth-order valence-electron chi connectivity index (χ4n) is 7.05. The van der Waals surface area contributed by atoms with Gasteiger partial charge in [0.1, 0.15) is 23.5 Å². The molecule has 2 aromatic carbocycles. The third-order valence-electron chi connectivity index (χ3n) is 9.75. The number of carbonyl (C=O) groups excluding carboxylic acids is 1. The number of piperidine rings is 1. The summed E-state index contributed by atoms with van der Waals surface area (Å²) in [4.78, 5) is 20.8. The summed E-state index contributed by atoms with van der Waals surface area (Å²) in [6.45, 7) is 13.7. The molecular weight excluding hydrogens is 635 g/mol. The number of hydrogen-bond donors (Lipinski definition) is 0. The lowest BCUT2D eigenvalue weighted by Crippen LogP contribution is -2.45. The maximum Gasteiger partial charge on any atom is 0.339 e. The van der Waals surface area contributed by atoms with E-state index in [1.165, 1.54) is 19.2 Å². The van der Waals surface area contributed by atoms with Gasteiger partial charge in [0.2, 0.25) is 0 Å². The molecule has 0 radical (unpaired) electrons. The van der Waals surface area contributed by atoms with Crippen molar-refractivity contribution in [2.75, 3.05) is 31.7 Å². The first kappa shape index (κ1) is 35.4. The van der Waals surface area contributed by atoms with Gasteiger partial charge in [0.15, 0.2) is 11.8 Å². The molecule has 3 aliphatic rings. The van der Waals surface area contributed by atoms with Crippen LogP contribution in [-0.2, 0) is 19.0 Å². The standard InChI is InChI=1S/C40H47FN4O5/c1-25-11-8-9-20-48-40(6)16-18-44(19-17-40)37-34(35(38(46)47-7)50-39(3,4)5)26(2)31(23-42)36-43-32(24-45(36)37)28-13-10-12-27(21-28)30-22-29(41)14-15-33(30)49-25/h10,12-15,21-22,24-25,35H,8-9,11,16-20H2,1-7H3/t25-,35-/m0/s1. The average molecular weight is 683 g/mol. The summed E-state index contributed by atoms with van der Waals surface area (Å²) in [5, 5.41) is 10.6. The van der Waals surface area contributed by atoms with Crippen molar-refractivity contribution in [1.82, 2.24) is 9.38 Å². The van der Waals surface area contributed by atoms with Crippen LogP contribution in [0.1, 0.15) is 89.5 Å². The highest BCUT2D eigenvalue weighted by molar-refractivity contribution is 5.83. The van der Waals surface area contributed by atoms with Gasteiger partial charge in [0.05, 0.1) is 35.7 Å². The zero-order chi connectivity index (χ0) is 35.8. The smallest absolute Gasteiger partial charge is 0.339 e. The van der Waals surface area contributed by atoms with Crippen molar-refractivity contribution >= 4 is 17.4 Å². The lowest BCUT2D eigenvalue weighted by Gasteiger charge is -2.42. The van der Waals surface area contributed by atoms with Crippen molar-refractivity contribution in [3.8, 4) is 34.2 Å². The van der Waals surface area contributed by atoms with E-state index < -0.39 is 17.7 Å². The number of nitriles is 1. The second kappa shape index (κ2) is 14.0. The van der Waals surface area contributed by atoms with Gasteiger partial charge in [-0.15, -0.1) is 0 Å². The van der Waals surface area contributed by atoms with Crippen molar-refractivity contribution in [3.63, 3.8) is 0 Å². The minimum atomic E-state index is -1.09. The topological polar surface area (TPSA) is 98.3 Å². The fraction of sp³-hybridized carbons (Fsp3) is 0.475. The van der Waals surface area contributed by atoms with Gasteiger partial charge in [-0.2, -0.15) is 5.26 Å². The first-order valence-electron chi connectivity index (χ1n) is 17.5. The van der Waals surface area contributed by atoms with Crippen molar-refractivity contribution < 1.29 is 28.1 Å². The number of fused-ring (bicyclic) bond motifs is 8. The first-order valence-corrected chi connectivity index (χ1v) is 17.5. The number of esters is 1. The van der Waals surface area contributed by atoms with Gasteiger partial charge in [-0.25, -0.2) is 14.2 Å². The molecule has 0 N–H and O–H groups in total. The fourth-order valence-corrected chi connectivity index (χ4v) is 7.05. The molecule has 4 aromatic rings. The number of anilines is 1. The Morgan fingerprint density at radius 1 is 1.14 bits per heavy atom. The van der Waals surface area contributed by atoms with Gasteiger partial charge in [-0.05, 0) is 109 Å². The van der Waals surface area contributed by atoms with Crippen molar-refractivity contribution in [3.05, 3.63) is 71.2 Å². The van der Waals surface area contributed by atoms with Gasteiger partial charge in [-0.1, -0.05) is 18.2 Å². The molecule has 7 rings (SSSR count). The summed E-state index contributed by atoms with van der Waals surface area (Å²) < 4.78 is 41.3. The van der Waals surface area contributed by atoms with Crippen molar-refractivity contribution in [1.29, 1.82) is 5.26 Å². The van der Waals surface area contributed by atoms with Crippen molar-refractivity contribution in [2.24, 2.45) is 0 Å². The Balaban J connectivity index is 1.60. The number of pyridine rings is 1. The molecule has 264 valence electrons. The molecule has 1 saturated heterocycles. The molecule has 1 fully saturated rings. The maximum absolute atomic E-state index is 14.7. The van der Waals surface area contributed by atoms with Crippen molar-refractivity contribution in [2.45, 2.75) is 97.1 Å². The van der Waals surface area contributed by atoms with Crippen LogP contribution in [0.5, 0.6) is 5.75 Å². The monoisotopic (exact) mass is 682 g/mol. The predicted octanol–water partition coefficient (Wildman–Crippen LogP) is 8.34. The number of aromatic nitrogens is 2. The Morgan fingerprint density at radius 3 is 2.58 bits per heavy atom. The van der Waals surface area contributed by atoms with Crippen LogP contribution >= 0.6 is 0 Å². The minimum absolute atomic E-state index is 0.0680. The normalized spacial score (nSPS) is 20.5. The van der Waals surface area contributed by atoms with E-state index in [2.05, 4.69) is 17.9 Å². The Morgan fingerprint density at radius 2 is 1.88 bits per heavy atom. The van der Waals surface area contributed by atoms with Crippen LogP contribution in [0.25, 0.3) is 28.0 Å². The quantitative estimate of drug-likeness (QED) is 0.199. The van der Waals surface area contributed by atoms with E-state index in [1.54, 1.807) is 6.07 Å². The largest absolute Gasteiger partial charge is 0.490 e. The minimum Gasteiger partial charge on any atom is -0.490 e. The lowest BCUT2D eigenvalue weighted by atomic mass is 9.91. The highest BCUT2D eigenvalue weighted by Gasteiger charge is 2.38. The van der Waals surface area contributed by atoms with E-state index in [-0.39, 0.29) is 17.5 Å². The number of hydrogen-bond acceptors (Lipinski definition) is 8. The molecule has 50 heavy (non-hydrogen) atoms. The highest BCUT2D eigenvalue weighted by atomic mass is 19.1. The molecular formula is C40H47FN4O5. The molecule has 5 heterocycles. The van der Waals surface area contributed by atoms with Gasteiger partial charge < -0.3 is 23.8 Å². The van der Waals surface area contributed by atoms with E-state index in [4.69, 9.17) is 23.9 Å². The molecule has 2 atom stereocenters. The van der Waals surface area contributed by atoms with Crippen LogP contribution in [0.3, 0.4) is 0 Å².